The summed E-state index contributed by atoms with van der Waals surface area (Å²) < 4.78 is 0. The molecule has 2 atom stereocenters. The predicted molar refractivity (Wildman–Crippen MR) is 40.3 cm³/mol. The van der Waals surface area contributed by atoms with Crippen LogP contribution in [0.2, 0.25) is 0 Å². The fourth-order valence-corrected chi connectivity index (χ4v) is 0.206. The molecule has 2 unspecified atom stereocenters. The molecule has 0 aliphatic rings. The molecule has 0 saturated heterocycles. The van der Waals surface area contributed by atoms with Crippen LogP contribution in [0.1, 0.15) is 13.8 Å². The first-order valence-electron chi connectivity index (χ1n) is 3.04. The molecule has 0 aliphatic carbocycles. The van der Waals surface area contributed by atoms with E-state index in [1.54, 1.807) is 0 Å². The van der Waals surface area contributed by atoms with E-state index < -0.39 is 18.5 Å². The van der Waals surface area contributed by atoms with Gasteiger partial charge in [0, 0.05) is 0 Å². The fourth-order valence-electron chi connectivity index (χ4n) is 0.206. The smallest absolute Gasteiger partial charge is 0.314 e. The van der Waals surface area contributed by atoms with Crippen molar-refractivity contribution in [1.29, 1.82) is 0 Å². The van der Waals surface area contributed by atoms with Crippen LogP contribution in [0.3, 0.4) is 0 Å². The van der Waals surface area contributed by atoms with Gasteiger partial charge < -0.3 is 27.0 Å². The van der Waals surface area contributed by atoms with Gasteiger partial charge in [-0.2, -0.15) is 0 Å². The molecule has 6 nitrogen and oxygen atoms in total. The molecule has 0 heterocycles. The van der Waals surface area contributed by atoms with E-state index in [1.807, 2.05) is 5.32 Å². The lowest BCUT2D eigenvalue weighted by Crippen LogP contribution is -2.36. The predicted octanol–water partition coefficient (Wildman–Crippen LogP) is -1.72. The Morgan fingerprint density at radius 2 is 1.73 bits per heavy atom. The van der Waals surface area contributed by atoms with Crippen LogP contribution in [0, 0.1) is 0 Å². The van der Waals surface area contributed by atoms with E-state index in [0.717, 1.165) is 0 Å². The maximum absolute atomic E-state index is 9.76. The van der Waals surface area contributed by atoms with E-state index >= 15 is 0 Å². The standard InChI is InChI=1S/C3H8N2O2.C2H7NO/c1-2(6)5-3(4)7;1-2(3)4/h2,6H,1H3,(H3,4,5,7);2,4H,3H2,1H3. The summed E-state index contributed by atoms with van der Waals surface area (Å²) >= 11 is 0. The number of hydrogen-bond acceptors (Lipinski definition) is 4. The monoisotopic (exact) mass is 165 g/mol. The molecular formula is C5H15N3O3. The van der Waals surface area contributed by atoms with Gasteiger partial charge in [0.1, 0.15) is 6.23 Å². The molecule has 0 rings (SSSR count). The minimum atomic E-state index is -0.850. The molecule has 0 fully saturated rings. The van der Waals surface area contributed by atoms with Crippen LogP contribution in [-0.4, -0.2) is 28.7 Å². The average molecular weight is 165 g/mol. The number of carbonyl (C=O) groups excluding carboxylic acids is 1. The van der Waals surface area contributed by atoms with Crippen LogP contribution >= 0.6 is 0 Å². The number of amides is 2. The molecule has 7 N–H and O–H groups in total. The summed E-state index contributed by atoms with van der Waals surface area (Å²) in [7, 11) is 0. The second-order valence-electron chi connectivity index (χ2n) is 1.93. The highest BCUT2D eigenvalue weighted by Gasteiger charge is 1.93. The second kappa shape index (κ2) is 7.26. The van der Waals surface area contributed by atoms with Crippen molar-refractivity contribution in [3.63, 3.8) is 0 Å². The third kappa shape index (κ3) is 47.1. The SMILES string of the molecule is CC(N)O.CC(O)NC(N)=O. The summed E-state index contributed by atoms with van der Waals surface area (Å²) in [5.74, 6) is 0. The number of nitrogens with one attached hydrogen (secondary N) is 1. The van der Waals surface area contributed by atoms with Gasteiger partial charge in [0.05, 0.1) is 6.23 Å². The number of nitrogens with two attached hydrogens (primary N) is 2. The van der Waals surface area contributed by atoms with Crippen molar-refractivity contribution in [3.8, 4) is 0 Å². The van der Waals surface area contributed by atoms with Gasteiger partial charge in [-0.05, 0) is 13.8 Å². The van der Waals surface area contributed by atoms with E-state index in [2.05, 4.69) is 11.5 Å². The van der Waals surface area contributed by atoms with Gasteiger partial charge >= 0.3 is 6.03 Å². The largest absolute Gasteiger partial charge is 0.379 e. The van der Waals surface area contributed by atoms with Crippen molar-refractivity contribution in [2.75, 3.05) is 0 Å². The quantitative estimate of drug-likeness (QED) is 0.296. The van der Waals surface area contributed by atoms with E-state index in [0.29, 0.717) is 0 Å². The Bertz CT molecular complexity index is 102. The van der Waals surface area contributed by atoms with Crippen molar-refractivity contribution < 1.29 is 15.0 Å². The van der Waals surface area contributed by atoms with Gasteiger partial charge in [-0.15, -0.1) is 0 Å². The van der Waals surface area contributed by atoms with Crippen LogP contribution in [0.5, 0.6) is 0 Å². The number of aliphatic hydroxyl groups is 2. The van der Waals surface area contributed by atoms with Gasteiger partial charge in [0.25, 0.3) is 0 Å². The van der Waals surface area contributed by atoms with E-state index in [9.17, 15) is 4.79 Å². The zero-order valence-electron chi connectivity index (χ0n) is 6.61. The number of carbonyl (C=O) groups is 1. The summed E-state index contributed by atoms with van der Waals surface area (Å²) in [4.78, 5) is 9.76. The normalized spacial score (nSPS) is 13.9. The van der Waals surface area contributed by atoms with E-state index in [1.165, 1.54) is 13.8 Å². The van der Waals surface area contributed by atoms with E-state index in [4.69, 9.17) is 10.2 Å². The molecule has 0 saturated carbocycles. The molecule has 0 radical (unpaired) electrons. The average Bonchev–Trinajstić information content (AvgIpc) is 1.56. The zero-order valence-corrected chi connectivity index (χ0v) is 6.61. The lowest BCUT2D eigenvalue weighted by molar-refractivity contribution is 0.160. The summed E-state index contributed by atoms with van der Waals surface area (Å²) in [6.07, 6.45) is -1.52. The highest BCUT2D eigenvalue weighted by molar-refractivity contribution is 5.71. The molecule has 0 spiro atoms. The number of hydrogen-bond donors (Lipinski definition) is 5. The van der Waals surface area contributed by atoms with Crippen molar-refractivity contribution >= 4 is 6.03 Å². The summed E-state index contributed by atoms with van der Waals surface area (Å²) in [5, 5.41) is 18.1. The summed E-state index contributed by atoms with van der Waals surface area (Å²) in [5.41, 5.74) is 9.25. The molecule has 11 heavy (non-hydrogen) atoms. The molecule has 0 aromatic rings. The first-order valence-corrected chi connectivity index (χ1v) is 3.04. The van der Waals surface area contributed by atoms with Crippen LogP contribution in [0.25, 0.3) is 0 Å². The number of aliphatic hydroxyl groups excluding tert-OH is 2. The number of primary amides is 1. The lowest BCUT2D eigenvalue weighted by Gasteiger charge is -2.00. The van der Waals surface area contributed by atoms with Gasteiger partial charge in [0.2, 0.25) is 0 Å². The molecule has 0 aromatic heterocycles. The van der Waals surface area contributed by atoms with Crippen LogP contribution in [0.15, 0.2) is 0 Å². The molecule has 0 aromatic carbocycles. The zero-order chi connectivity index (χ0) is 9.44. The number of urea groups is 1. The Morgan fingerprint density at radius 3 is 1.73 bits per heavy atom. The van der Waals surface area contributed by atoms with Crippen molar-refractivity contribution in [2.45, 2.75) is 26.3 Å². The molecule has 2 amide bonds. The molecular weight excluding hydrogens is 150 g/mol. The minimum Gasteiger partial charge on any atom is -0.379 e. The Kier molecular flexibility index (Phi) is 8.44. The Morgan fingerprint density at radius 1 is 1.45 bits per heavy atom. The lowest BCUT2D eigenvalue weighted by atomic mass is 10.7. The second-order valence-corrected chi connectivity index (χ2v) is 1.93. The third-order valence-electron chi connectivity index (χ3n) is 0.351. The Hall–Kier alpha value is -0.850. The van der Waals surface area contributed by atoms with Crippen LogP contribution < -0.4 is 16.8 Å². The van der Waals surface area contributed by atoms with Crippen molar-refractivity contribution in [2.24, 2.45) is 11.5 Å². The first kappa shape index (κ1) is 12.8. The Labute approximate surface area is 65.2 Å². The maximum Gasteiger partial charge on any atom is 0.314 e. The van der Waals surface area contributed by atoms with Crippen LogP contribution in [0.4, 0.5) is 4.79 Å². The van der Waals surface area contributed by atoms with Crippen molar-refractivity contribution in [3.05, 3.63) is 0 Å². The molecule has 0 bridgehead atoms. The van der Waals surface area contributed by atoms with Gasteiger partial charge in [-0.3, -0.25) is 0 Å². The van der Waals surface area contributed by atoms with E-state index in [-0.39, 0.29) is 0 Å². The van der Waals surface area contributed by atoms with Gasteiger partial charge in [0.15, 0.2) is 0 Å². The molecule has 68 valence electrons. The first-order chi connectivity index (χ1) is 4.86. The number of rotatable bonds is 1. The van der Waals surface area contributed by atoms with Crippen LogP contribution in [-0.2, 0) is 0 Å². The van der Waals surface area contributed by atoms with Gasteiger partial charge in [-0.1, -0.05) is 0 Å². The Balaban J connectivity index is 0. The molecule has 6 heteroatoms. The fraction of sp³-hybridized carbons (Fsp3) is 0.800. The highest BCUT2D eigenvalue weighted by Crippen LogP contribution is 1.65. The maximum atomic E-state index is 9.76. The third-order valence-corrected chi connectivity index (χ3v) is 0.351. The molecule has 0 aliphatic heterocycles. The topological polar surface area (TPSA) is 122 Å². The summed E-state index contributed by atoms with van der Waals surface area (Å²) in [6.45, 7) is 2.91. The summed E-state index contributed by atoms with van der Waals surface area (Å²) in [6, 6.07) is -0.713. The van der Waals surface area contributed by atoms with Gasteiger partial charge in [-0.25, -0.2) is 4.79 Å². The minimum absolute atomic E-state index is 0.667. The highest BCUT2D eigenvalue weighted by atomic mass is 16.3. The van der Waals surface area contributed by atoms with Crippen molar-refractivity contribution in [1.82, 2.24) is 5.32 Å².